The highest BCUT2D eigenvalue weighted by molar-refractivity contribution is 7.16. The van der Waals surface area contributed by atoms with Crippen LogP contribution in [0.5, 0.6) is 0 Å². The molecule has 0 N–H and O–H groups in total. The van der Waals surface area contributed by atoms with Crippen molar-refractivity contribution in [3.8, 4) is 0 Å². The molecule has 0 radical (unpaired) electrons. The largest absolute Gasteiger partial charge is 0.134 e. The summed E-state index contributed by atoms with van der Waals surface area (Å²) in [6, 6.07) is 0. The second-order valence-electron chi connectivity index (χ2n) is 4.06. The number of rotatable bonds is 5. The number of hydrogen-bond donors (Lipinski definition) is 0. The SMILES string of the molecule is CC(C)=CC=CC(C)=CC=CC(C)=CCP. The number of allylic oxidation sites excluding steroid dienone is 10. The minimum absolute atomic E-state index is 1.01. The minimum atomic E-state index is 1.01. The van der Waals surface area contributed by atoms with Crippen LogP contribution in [0, 0.1) is 0 Å². The third-order valence-corrected chi connectivity index (χ3v) is 2.18. The maximum absolute atomic E-state index is 2.70. The molecule has 0 aliphatic carbocycles. The summed E-state index contributed by atoms with van der Waals surface area (Å²) < 4.78 is 0. The fourth-order valence-corrected chi connectivity index (χ4v) is 1.43. The zero-order chi connectivity index (χ0) is 12.4. The molecule has 88 valence electrons. The summed E-state index contributed by atoms with van der Waals surface area (Å²) in [5.74, 6) is 0. The summed E-state index contributed by atoms with van der Waals surface area (Å²) in [6.45, 7) is 8.41. The zero-order valence-electron chi connectivity index (χ0n) is 10.8. The molecule has 0 aliphatic heterocycles. The van der Waals surface area contributed by atoms with Gasteiger partial charge in [-0.05, 0) is 33.9 Å². The van der Waals surface area contributed by atoms with Crippen LogP contribution in [0.15, 0.2) is 59.3 Å². The standard InChI is InChI=1S/C15H23P/c1-13(2)7-5-8-14(3)9-6-10-15(4)11-12-16/h5-11H,12,16H2,1-4H3. The van der Waals surface area contributed by atoms with Crippen LogP contribution in [0.1, 0.15) is 27.7 Å². The van der Waals surface area contributed by atoms with Crippen LogP contribution in [-0.4, -0.2) is 6.16 Å². The first kappa shape index (κ1) is 15.1. The molecular weight excluding hydrogens is 211 g/mol. The first-order chi connectivity index (χ1) is 7.56. The topological polar surface area (TPSA) is 0 Å². The zero-order valence-corrected chi connectivity index (χ0v) is 12.0. The van der Waals surface area contributed by atoms with E-state index >= 15 is 0 Å². The van der Waals surface area contributed by atoms with Gasteiger partial charge >= 0.3 is 0 Å². The van der Waals surface area contributed by atoms with E-state index in [2.05, 4.69) is 79.5 Å². The van der Waals surface area contributed by atoms with Crippen molar-refractivity contribution >= 4 is 9.24 Å². The van der Waals surface area contributed by atoms with Gasteiger partial charge in [-0.15, -0.1) is 9.24 Å². The Balaban J connectivity index is 4.30. The van der Waals surface area contributed by atoms with E-state index in [1.165, 1.54) is 16.7 Å². The van der Waals surface area contributed by atoms with Crippen molar-refractivity contribution in [1.29, 1.82) is 0 Å². The van der Waals surface area contributed by atoms with Crippen molar-refractivity contribution in [2.24, 2.45) is 0 Å². The normalized spacial score (nSPS) is 13.8. The second kappa shape index (κ2) is 9.36. The molecule has 0 aromatic heterocycles. The van der Waals surface area contributed by atoms with E-state index in [1.54, 1.807) is 0 Å². The highest BCUT2D eigenvalue weighted by Gasteiger charge is 1.80. The molecule has 16 heavy (non-hydrogen) atoms. The molecule has 0 spiro atoms. The fraction of sp³-hybridized carbons (Fsp3) is 0.333. The molecule has 0 saturated carbocycles. The Morgan fingerprint density at radius 1 is 0.875 bits per heavy atom. The Morgan fingerprint density at radius 2 is 1.44 bits per heavy atom. The van der Waals surface area contributed by atoms with Crippen molar-refractivity contribution in [1.82, 2.24) is 0 Å². The summed E-state index contributed by atoms with van der Waals surface area (Å²) in [5.41, 5.74) is 3.87. The third kappa shape index (κ3) is 9.68. The van der Waals surface area contributed by atoms with Crippen LogP contribution in [0.2, 0.25) is 0 Å². The predicted octanol–water partition coefficient (Wildman–Crippen LogP) is 4.83. The van der Waals surface area contributed by atoms with Crippen molar-refractivity contribution in [2.75, 3.05) is 6.16 Å². The van der Waals surface area contributed by atoms with Gasteiger partial charge in [-0.3, -0.25) is 0 Å². The van der Waals surface area contributed by atoms with Crippen molar-refractivity contribution in [3.05, 3.63) is 59.3 Å². The summed E-state index contributed by atoms with van der Waals surface area (Å²) in [7, 11) is 2.70. The van der Waals surface area contributed by atoms with E-state index in [-0.39, 0.29) is 0 Å². The average molecular weight is 234 g/mol. The monoisotopic (exact) mass is 234 g/mol. The molecule has 0 aromatic rings. The van der Waals surface area contributed by atoms with E-state index in [4.69, 9.17) is 0 Å². The Hall–Kier alpha value is -0.870. The van der Waals surface area contributed by atoms with Crippen LogP contribution in [0.4, 0.5) is 0 Å². The Bertz CT molecular complexity index is 334. The van der Waals surface area contributed by atoms with Gasteiger partial charge in [-0.2, -0.15) is 0 Å². The van der Waals surface area contributed by atoms with Crippen LogP contribution < -0.4 is 0 Å². The molecule has 0 rings (SSSR count). The lowest BCUT2D eigenvalue weighted by atomic mass is 10.2. The average Bonchev–Trinajstić information content (AvgIpc) is 2.17. The molecule has 0 aromatic carbocycles. The summed E-state index contributed by atoms with van der Waals surface area (Å²) in [4.78, 5) is 0. The Kier molecular flexibility index (Phi) is 8.85. The molecule has 1 atom stereocenters. The van der Waals surface area contributed by atoms with Gasteiger partial charge in [0.2, 0.25) is 0 Å². The van der Waals surface area contributed by atoms with Gasteiger partial charge in [0.25, 0.3) is 0 Å². The lowest BCUT2D eigenvalue weighted by Crippen LogP contribution is -1.70. The van der Waals surface area contributed by atoms with Gasteiger partial charge in [-0.1, -0.05) is 59.3 Å². The van der Waals surface area contributed by atoms with E-state index < -0.39 is 0 Å². The highest BCUT2D eigenvalue weighted by atomic mass is 31.0. The van der Waals surface area contributed by atoms with Crippen LogP contribution in [0.25, 0.3) is 0 Å². The summed E-state index contributed by atoms with van der Waals surface area (Å²) in [6.07, 6.45) is 15.8. The van der Waals surface area contributed by atoms with Crippen LogP contribution in [-0.2, 0) is 0 Å². The first-order valence-electron chi connectivity index (χ1n) is 5.59. The smallest absolute Gasteiger partial charge is 0.0194 e. The summed E-state index contributed by atoms with van der Waals surface area (Å²) in [5, 5.41) is 0. The van der Waals surface area contributed by atoms with E-state index in [0.717, 1.165) is 6.16 Å². The van der Waals surface area contributed by atoms with Crippen LogP contribution >= 0.6 is 9.24 Å². The van der Waals surface area contributed by atoms with E-state index in [0.29, 0.717) is 0 Å². The van der Waals surface area contributed by atoms with Gasteiger partial charge in [0, 0.05) is 0 Å². The summed E-state index contributed by atoms with van der Waals surface area (Å²) >= 11 is 0. The Morgan fingerprint density at radius 3 is 2.00 bits per heavy atom. The van der Waals surface area contributed by atoms with Crippen molar-refractivity contribution in [3.63, 3.8) is 0 Å². The predicted molar refractivity (Wildman–Crippen MR) is 79.8 cm³/mol. The second-order valence-corrected chi connectivity index (χ2v) is 4.53. The molecule has 0 saturated heterocycles. The molecule has 0 nitrogen and oxygen atoms in total. The number of hydrogen-bond acceptors (Lipinski definition) is 0. The maximum atomic E-state index is 2.70. The van der Waals surface area contributed by atoms with Gasteiger partial charge in [0.15, 0.2) is 0 Å². The highest BCUT2D eigenvalue weighted by Crippen LogP contribution is 2.01. The molecule has 0 heterocycles. The lowest BCUT2D eigenvalue weighted by molar-refractivity contribution is 1.39. The molecule has 0 amide bonds. The quantitative estimate of drug-likeness (QED) is 0.472. The maximum Gasteiger partial charge on any atom is -0.0194 e. The molecule has 0 bridgehead atoms. The molecule has 0 fully saturated rings. The molecule has 0 aliphatic rings. The molecular formula is C15H23P. The lowest BCUT2D eigenvalue weighted by Gasteiger charge is -1.90. The van der Waals surface area contributed by atoms with Crippen molar-refractivity contribution < 1.29 is 0 Å². The van der Waals surface area contributed by atoms with Gasteiger partial charge in [0.1, 0.15) is 0 Å². The van der Waals surface area contributed by atoms with E-state index in [1.807, 2.05) is 0 Å². The first-order valence-corrected chi connectivity index (χ1v) is 6.41. The molecule has 1 heteroatoms. The van der Waals surface area contributed by atoms with Gasteiger partial charge < -0.3 is 0 Å². The minimum Gasteiger partial charge on any atom is -0.134 e. The fourth-order valence-electron chi connectivity index (χ4n) is 1.05. The van der Waals surface area contributed by atoms with E-state index in [9.17, 15) is 0 Å². The van der Waals surface area contributed by atoms with Gasteiger partial charge in [-0.25, -0.2) is 0 Å². The third-order valence-electron chi connectivity index (χ3n) is 1.95. The van der Waals surface area contributed by atoms with Crippen LogP contribution in [0.3, 0.4) is 0 Å². The molecule has 1 unspecified atom stereocenters. The van der Waals surface area contributed by atoms with Crippen molar-refractivity contribution in [2.45, 2.75) is 27.7 Å². The van der Waals surface area contributed by atoms with Gasteiger partial charge in [0.05, 0.1) is 0 Å². The Labute approximate surface area is 103 Å².